The zero-order valence-electron chi connectivity index (χ0n) is 11.0. The van der Waals surface area contributed by atoms with Crippen molar-refractivity contribution in [2.45, 2.75) is 58.1 Å². The summed E-state index contributed by atoms with van der Waals surface area (Å²) in [6.45, 7) is 5.98. The molecule has 100 valence electrons. The first-order valence-electron chi connectivity index (χ1n) is 6.70. The van der Waals surface area contributed by atoms with Crippen molar-refractivity contribution in [3.63, 3.8) is 0 Å². The summed E-state index contributed by atoms with van der Waals surface area (Å²) in [7, 11) is 0. The number of carbonyl (C=O) groups is 1. The molecule has 1 aliphatic rings. The van der Waals surface area contributed by atoms with Gasteiger partial charge in [-0.15, -0.1) is 0 Å². The Morgan fingerprint density at radius 1 is 1.41 bits per heavy atom. The zero-order valence-corrected chi connectivity index (χ0v) is 11.0. The van der Waals surface area contributed by atoms with Crippen molar-refractivity contribution in [1.29, 1.82) is 0 Å². The van der Waals surface area contributed by atoms with Crippen LogP contribution in [0, 0.1) is 0 Å². The molecule has 0 aliphatic carbocycles. The largest absolute Gasteiger partial charge is 0.462 e. The van der Waals surface area contributed by atoms with Gasteiger partial charge in [-0.2, -0.15) is 0 Å². The number of likely N-dealkylation sites (tertiary alicyclic amines) is 1. The first-order valence-corrected chi connectivity index (χ1v) is 6.70. The van der Waals surface area contributed by atoms with Crippen LogP contribution >= 0.6 is 0 Å². The van der Waals surface area contributed by atoms with Crippen LogP contribution in [-0.4, -0.2) is 47.8 Å². The summed E-state index contributed by atoms with van der Waals surface area (Å²) in [5.41, 5.74) is 0. The number of esters is 1. The Hall–Kier alpha value is -0.610. The molecular formula is C13H25NO3. The van der Waals surface area contributed by atoms with E-state index in [0.717, 1.165) is 45.2 Å². The van der Waals surface area contributed by atoms with Gasteiger partial charge in [-0.1, -0.05) is 0 Å². The van der Waals surface area contributed by atoms with Crippen LogP contribution in [0.15, 0.2) is 0 Å². The molecule has 1 aliphatic heterocycles. The van der Waals surface area contributed by atoms with Gasteiger partial charge < -0.3 is 9.84 Å². The van der Waals surface area contributed by atoms with Crippen molar-refractivity contribution >= 4 is 5.97 Å². The Morgan fingerprint density at radius 3 is 2.82 bits per heavy atom. The van der Waals surface area contributed by atoms with Crippen LogP contribution in [0.4, 0.5) is 0 Å². The smallest absolute Gasteiger partial charge is 0.323 e. The molecule has 17 heavy (non-hydrogen) atoms. The number of ether oxygens (including phenoxy) is 1. The van der Waals surface area contributed by atoms with E-state index in [4.69, 9.17) is 9.84 Å². The van der Waals surface area contributed by atoms with Crippen LogP contribution in [0.3, 0.4) is 0 Å². The lowest BCUT2D eigenvalue weighted by Gasteiger charge is -2.23. The van der Waals surface area contributed by atoms with Gasteiger partial charge in [-0.05, 0) is 59.0 Å². The minimum absolute atomic E-state index is 0.0284. The van der Waals surface area contributed by atoms with Gasteiger partial charge in [0.25, 0.3) is 0 Å². The molecule has 0 aromatic rings. The monoisotopic (exact) mass is 243 g/mol. The quantitative estimate of drug-likeness (QED) is 0.544. The number of carbonyl (C=O) groups excluding carboxylic acids is 1. The number of hydrogen-bond acceptors (Lipinski definition) is 4. The number of unbranched alkanes of at least 4 members (excludes halogenated alkanes) is 2. The number of aliphatic hydroxyl groups excluding tert-OH is 1. The summed E-state index contributed by atoms with van der Waals surface area (Å²) in [5, 5.41) is 8.71. The van der Waals surface area contributed by atoms with E-state index in [0.29, 0.717) is 0 Å². The molecule has 0 amide bonds. The predicted octanol–water partition coefficient (Wildman–Crippen LogP) is 1.56. The Labute approximate surface area is 104 Å². The van der Waals surface area contributed by atoms with Gasteiger partial charge in [0.2, 0.25) is 0 Å². The molecule has 0 unspecified atom stereocenters. The molecule has 1 N–H and O–H groups in total. The fourth-order valence-corrected chi connectivity index (χ4v) is 2.28. The van der Waals surface area contributed by atoms with Crippen LogP contribution in [0.5, 0.6) is 0 Å². The standard InChI is InChI=1S/C13H25NO3/c1-11(2)17-13(16)12-7-6-9-14(12)8-4-3-5-10-15/h11-12,15H,3-10H2,1-2H3/t12-/m0/s1. The summed E-state index contributed by atoms with van der Waals surface area (Å²) >= 11 is 0. The second-order valence-electron chi connectivity index (χ2n) is 4.96. The molecule has 1 saturated heterocycles. The normalized spacial score (nSPS) is 21.1. The lowest BCUT2D eigenvalue weighted by molar-refractivity contribution is -0.152. The Morgan fingerprint density at radius 2 is 2.18 bits per heavy atom. The molecule has 4 heteroatoms. The first-order chi connectivity index (χ1) is 8.15. The van der Waals surface area contributed by atoms with Gasteiger partial charge in [0, 0.05) is 6.61 Å². The number of nitrogens with zero attached hydrogens (tertiary/aromatic N) is 1. The average molecular weight is 243 g/mol. The Bertz CT molecular complexity index is 231. The molecule has 0 spiro atoms. The Balaban J connectivity index is 2.30. The van der Waals surface area contributed by atoms with E-state index in [9.17, 15) is 4.79 Å². The summed E-state index contributed by atoms with van der Waals surface area (Å²) in [6.07, 6.45) is 4.91. The van der Waals surface area contributed by atoms with Gasteiger partial charge >= 0.3 is 5.97 Å². The molecule has 0 aromatic heterocycles. The molecule has 0 aromatic carbocycles. The third-order valence-electron chi connectivity index (χ3n) is 3.09. The minimum Gasteiger partial charge on any atom is -0.462 e. The molecule has 1 atom stereocenters. The van der Waals surface area contributed by atoms with Crippen molar-refractivity contribution in [2.75, 3.05) is 19.7 Å². The van der Waals surface area contributed by atoms with Crippen LogP contribution in [0.25, 0.3) is 0 Å². The van der Waals surface area contributed by atoms with Crippen LogP contribution in [0.1, 0.15) is 46.0 Å². The molecule has 0 radical (unpaired) electrons. The second-order valence-corrected chi connectivity index (χ2v) is 4.96. The highest BCUT2D eigenvalue weighted by atomic mass is 16.5. The summed E-state index contributed by atoms with van der Waals surface area (Å²) < 4.78 is 5.27. The molecule has 1 heterocycles. The predicted molar refractivity (Wildman–Crippen MR) is 66.8 cm³/mol. The van der Waals surface area contributed by atoms with Gasteiger partial charge in [-0.25, -0.2) is 0 Å². The lowest BCUT2D eigenvalue weighted by Crippen LogP contribution is -2.38. The van der Waals surface area contributed by atoms with E-state index in [-0.39, 0.29) is 24.7 Å². The van der Waals surface area contributed by atoms with Crippen LogP contribution in [0.2, 0.25) is 0 Å². The maximum Gasteiger partial charge on any atom is 0.323 e. The van der Waals surface area contributed by atoms with Crippen molar-refractivity contribution in [2.24, 2.45) is 0 Å². The lowest BCUT2D eigenvalue weighted by atomic mass is 10.2. The molecule has 1 rings (SSSR count). The van der Waals surface area contributed by atoms with Crippen LogP contribution < -0.4 is 0 Å². The topological polar surface area (TPSA) is 49.8 Å². The van der Waals surface area contributed by atoms with E-state index in [2.05, 4.69) is 4.90 Å². The third-order valence-corrected chi connectivity index (χ3v) is 3.09. The van der Waals surface area contributed by atoms with E-state index >= 15 is 0 Å². The van der Waals surface area contributed by atoms with Crippen molar-refractivity contribution in [1.82, 2.24) is 4.90 Å². The highest BCUT2D eigenvalue weighted by Gasteiger charge is 2.31. The van der Waals surface area contributed by atoms with Gasteiger partial charge in [0.05, 0.1) is 6.10 Å². The summed E-state index contributed by atoms with van der Waals surface area (Å²) in [5.74, 6) is -0.0698. The molecule has 0 saturated carbocycles. The van der Waals surface area contributed by atoms with Gasteiger partial charge in [0.1, 0.15) is 6.04 Å². The molecule has 0 bridgehead atoms. The van der Waals surface area contributed by atoms with Crippen molar-refractivity contribution in [3.8, 4) is 0 Å². The SMILES string of the molecule is CC(C)OC(=O)[C@@H]1CCCN1CCCCCO. The highest BCUT2D eigenvalue weighted by molar-refractivity contribution is 5.76. The number of rotatable bonds is 7. The third kappa shape index (κ3) is 5.04. The maximum absolute atomic E-state index is 11.9. The minimum atomic E-state index is -0.0698. The number of aliphatic hydroxyl groups is 1. The fraction of sp³-hybridized carbons (Fsp3) is 0.923. The van der Waals surface area contributed by atoms with E-state index < -0.39 is 0 Å². The van der Waals surface area contributed by atoms with Gasteiger partial charge in [-0.3, -0.25) is 9.69 Å². The highest BCUT2D eigenvalue weighted by Crippen LogP contribution is 2.19. The summed E-state index contributed by atoms with van der Waals surface area (Å²) in [6, 6.07) is -0.0356. The van der Waals surface area contributed by atoms with E-state index in [1.807, 2.05) is 13.8 Å². The Kier molecular flexibility index (Phi) is 6.52. The van der Waals surface area contributed by atoms with E-state index in [1.54, 1.807) is 0 Å². The van der Waals surface area contributed by atoms with E-state index in [1.165, 1.54) is 0 Å². The molecule has 1 fully saturated rings. The van der Waals surface area contributed by atoms with Crippen molar-refractivity contribution in [3.05, 3.63) is 0 Å². The van der Waals surface area contributed by atoms with Gasteiger partial charge in [0.15, 0.2) is 0 Å². The molecule has 4 nitrogen and oxygen atoms in total. The first kappa shape index (κ1) is 14.5. The second kappa shape index (κ2) is 7.67. The number of hydrogen-bond donors (Lipinski definition) is 1. The van der Waals surface area contributed by atoms with Crippen LogP contribution in [-0.2, 0) is 9.53 Å². The summed E-state index contributed by atoms with van der Waals surface area (Å²) in [4.78, 5) is 14.1. The fourth-order valence-electron chi connectivity index (χ4n) is 2.28. The maximum atomic E-state index is 11.9. The zero-order chi connectivity index (χ0) is 12.7. The average Bonchev–Trinajstić information content (AvgIpc) is 2.71. The molecular weight excluding hydrogens is 218 g/mol. The van der Waals surface area contributed by atoms with Crippen molar-refractivity contribution < 1.29 is 14.6 Å².